The van der Waals surface area contributed by atoms with Crippen molar-refractivity contribution in [2.24, 2.45) is 16.1 Å². The summed E-state index contributed by atoms with van der Waals surface area (Å²) in [5.41, 5.74) is 0. The Bertz CT molecular complexity index is 614. The Morgan fingerprint density at radius 2 is 1.32 bits per heavy atom. The van der Waals surface area contributed by atoms with Crippen molar-refractivity contribution in [1.29, 1.82) is 0 Å². The molecular formula is C17H32N2O7P2. The smallest absolute Gasteiger partial charge is 0.307 e. The molecule has 0 aromatic rings. The molecule has 0 radical (unpaired) electrons. The predicted molar refractivity (Wildman–Crippen MR) is 105 cm³/mol. The highest BCUT2D eigenvalue weighted by atomic mass is 31.2. The van der Waals surface area contributed by atoms with Crippen LogP contribution in [0.25, 0.3) is 0 Å². The van der Waals surface area contributed by atoms with Gasteiger partial charge in [-0.15, -0.1) is 0 Å². The van der Waals surface area contributed by atoms with E-state index in [1.165, 1.54) is 0 Å². The molecule has 0 N–H and O–H groups in total. The van der Waals surface area contributed by atoms with Gasteiger partial charge in [-0.1, -0.05) is 12.8 Å². The van der Waals surface area contributed by atoms with Crippen molar-refractivity contribution >= 4 is 21.0 Å². The maximum absolute atomic E-state index is 13.8. The summed E-state index contributed by atoms with van der Waals surface area (Å²) < 4.78 is 49.5. The summed E-state index contributed by atoms with van der Waals surface area (Å²) in [6, 6.07) is -0.855. The van der Waals surface area contributed by atoms with Gasteiger partial charge in [-0.25, -0.2) is 0 Å². The van der Waals surface area contributed by atoms with E-state index in [0.29, 0.717) is 0 Å². The number of rotatable bonds is 12. The lowest BCUT2D eigenvalue weighted by Gasteiger charge is -2.36. The molecule has 28 heavy (non-hydrogen) atoms. The van der Waals surface area contributed by atoms with E-state index in [-0.39, 0.29) is 44.5 Å². The third kappa shape index (κ3) is 4.35. The summed E-state index contributed by atoms with van der Waals surface area (Å²) >= 11 is 0. The third-order valence-corrected chi connectivity index (χ3v) is 11.1. The SMILES string of the molecule is CCOP(=O)(OCC)C1(P(=O)(OCC)OCC)CC(C(=O)C2CCCC2)N=N1. The number of carbonyl (C=O) groups is 1. The van der Waals surface area contributed by atoms with Crippen LogP contribution in [0.1, 0.15) is 59.8 Å². The average molecular weight is 438 g/mol. The molecule has 1 aliphatic heterocycles. The zero-order valence-electron chi connectivity index (χ0n) is 17.2. The number of ketones is 1. The van der Waals surface area contributed by atoms with Crippen molar-refractivity contribution in [1.82, 2.24) is 0 Å². The highest BCUT2D eigenvalue weighted by molar-refractivity contribution is 7.74. The van der Waals surface area contributed by atoms with Crippen LogP contribution in [0.5, 0.6) is 0 Å². The van der Waals surface area contributed by atoms with Crippen LogP contribution in [0.4, 0.5) is 0 Å². The molecule has 1 aliphatic carbocycles. The number of nitrogens with zero attached hydrogens (tertiary/aromatic N) is 2. The highest BCUT2D eigenvalue weighted by Gasteiger charge is 2.70. The standard InChI is InChI=1S/C17H32N2O7P2/c1-5-23-27(21,24-6-2)17(28(22,25-7-3)26-8-4)13-15(18-19-17)16(20)14-11-9-10-12-14/h14-15H,5-13H2,1-4H3. The fourth-order valence-corrected chi connectivity index (χ4v) is 9.14. The third-order valence-electron chi connectivity index (χ3n) is 4.98. The number of Topliss-reactive ketones (excluding diaryl/α,β-unsaturated/α-hetero) is 1. The van der Waals surface area contributed by atoms with Crippen molar-refractivity contribution in [2.75, 3.05) is 26.4 Å². The molecule has 1 saturated carbocycles. The Kier molecular flexibility index (Phi) is 8.56. The Morgan fingerprint density at radius 1 is 0.893 bits per heavy atom. The zero-order chi connectivity index (χ0) is 20.8. The lowest BCUT2D eigenvalue weighted by Crippen LogP contribution is -2.34. The van der Waals surface area contributed by atoms with Crippen LogP contribution in [-0.2, 0) is 32.0 Å². The minimum Gasteiger partial charge on any atom is -0.307 e. The summed E-state index contributed by atoms with van der Waals surface area (Å²) in [6.45, 7) is 6.81. The molecule has 1 unspecified atom stereocenters. The second-order valence-electron chi connectivity index (χ2n) is 6.76. The van der Waals surface area contributed by atoms with Crippen molar-refractivity contribution in [3.05, 3.63) is 0 Å². The molecule has 162 valence electrons. The second-order valence-corrected chi connectivity index (χ2v) is 11.6. The topological polar surface area (TPSA) is 113 Å². The minimum absolute atomic E-state index is 0.0496. The van der Waals surface area contributed by atoms with E-state index in [1.54, 1.807) is 27.7 Å². The summed E-state index contributed by atoms with van der Waals surface area (Å²) in [5.74, 6) is -0.167. The normalized spacial score (nSPS) is 22.8. The van der Waals surface area contributed by atoms with Crippen LogP contribution in [0, 0.1) is 5.92 Å². The van der Waals surface area contributed by atoms with Gasteiger partial charge < -0.3 is 18.1 Å². The second kappa shape index (κ2) is 10.1. The number of hydrogen-bond acceptors (Lipinski definition) is 9. The lowest BCUT2D eigenvalue weighted by molar-refractivity contribution is -0.123. The van der Waals surface area contributed by atoms with Crippen molar-refractivity contribution in [3.63, 3.8) is 0 Å². The minimum atomic E-state index is -4.11. The van der Waals surface area contributed by atoms with Gasteiger partial charge in [0.25, 0.3) is 5.02 Å². The number of hydrogen-bond donors (Lipinski definition) is 0. The monoisotopic (exact) mass is 438 g/mol. The van der Waals surface area contributed by atoms with E-state index in [9.17, 15) is 13.9 Å². The zero-order valence-corrected chi connectivity index (χ0v) is 19.0. The summed E-state index contributed by atoms with van der Waals surface area (Å²) in [6.07, 6.45) is 3.44. The first kappa shape index (κ1) is 23.8. The lowest BCUT2D eigenvalue weighted by atomic mass is 9.95. The van der Waals surface area contributed by atoms with Gasteiger partial charge in [0.2, 0.25) is 0 Å². The Balaban J connectivity index is 2.48. The molecule has 0 amide bonds. The van der Waals surface area contributed by atoms with Crippen LogP contribution in [-0.4, -0.2) is 43.3 Å². The Hall–Kier alpha value is -0.430. The van der Waals surface area contributed by atoms with E-state index in [4.69, 9.17) is 18.1 Å². The quantitative estimate of drug-likeness (QED) is 0.387. The van der Waals surface area contributed by atoms with Gasteiger partial charge in [-0.2, -0.15) is 10.2 Å². The highest BCUT2D eigenvalue weighted by Crippen LogP contribution is 2.81. The van der Waals surface area contributed by atoms with Crippen LogP contribution >= 0.6 is 15.2 Å². The maximum Gasteiger partial charge on any atom is 0.372 e. The van der Waals surface area contributed by atoms with E-state index >= 15 is 0 Å². The molecule has 1 heterocycles. The first-order chi connectivity index (χ1) is 13.3. The first-order valence-corrected chi connectivity index (χ1v) is 13.2. The molecule has 9 nitrogen and oxygen atoms in total. The molecule has 0 aromatic heterocycles. The molecule has 1 fully saturated rings. The van der Waals surface area contributed by atoms with E-state index in [0.717, 1.165) is 25.7 Å². The summed E-state index contributed by atoms with van der Waals surface area (Å²) in [5, 5.41) is 6.27. The molecule has 11 heteroatoms. The average Bonchev–Trinajstić information content (AvgIpc) is 3.33. The molecule has 0 spiro atoms. The Labute approximate surface area is 167 Å². The molecule has 1 atom stereocenters. The molecule has 0 bridgehead atoms. The van der Waals surface area contributed by atoms with Crippen molar-refractivity contribution in [3.8, 4) is 0 Å². The number of carbonyl (C=O) groups excluding carboxylic acids is 1. The van der Waals surface area contributed by atoms with Crippen LogP contribution in [0.2, 0.25) is 0 Å². The van der Waals surface area contributed by atoms with Gasteiger partial charge in [0.05, 0.1) is 26.4 Å². The molecule has 0 aromatic carbocycles. The van der Waals surface area contributed by atoms with Gasteiger partial charge in [0.15, 0.2) is 5.78 Å². The Morgan fingerprint density at radius 3 is 1.71 bits per heavy atom. The van der Waals surface area contributed by atoms with Gasteiger partial charge in [0, 0.05) is 12.3 Å². The largest absolute Gasteiger partial charge is 0.372 e. The first-order valence-electron chi connectivity index (χ1n) is 10.1. The van der Waals surface area contributed by atoms with Gasteiger partial charge in [-0.3, -0.25) is 13.9 Å². The number of azo groups is 1. The summed E-state index contributed by atoms with van der Waals surface area (Å²) in [4.78, 5) is 12.9. The van der Waals surface area contributed by atoms with Gasteiger partial charge >= 0.3 is 15.2 Å². The van der Waals surface area contributed by atoms with E-state index < -0.39 is 26.3 Å². The van der Waals surface area contributed by atoms with Gasteiger partial charge in [0.1, 0.15) is 6.04 Å². The van der Waals surface area contributed by atoms with E-state index in [2.05, 4.69) is 10.2 Å². The fraction of sp³-hybridized carbons (Fsp3) is 0.941. The molecular weight excluding hydrogens is 406 g/mol. The molecule has 0 saturated heterocycles. The summed E-state index contributed by atoms with van der Waals surface area (Å²) in [7, 11) is -8.23. The van der Waals surface area contributed by atoms with Crippen LogP contribution in [0.15, 0.2) is 10.2 Å². The van der Waals surface area contributed by atoms with Gasteiger partial charge in [-0.05, 0) is 40.5 Å². The molecule has 2 rings (SSSR count). The fourth-order valence-electron chi connectivity index (χ4n) is 3.79. The molecule has 2 aliphatic rings. The van der Waals surface area contributed by atoms with Crippen LogP contribution < -0.4 is 0 Å². The predicted octanol–water partition coefficient (Wildman–Crippen LogP) is 5.16. The maximum atomic E-state index is 13.8. The van der Waals surface area contributed by atoms with Crippen LogP contribution in [0.3, 0.4) is 0 Å². The van der Waals surface area contributed by atoms with E-state index in [1.807, 2.05) is 0 Å². The van der Waals surface area contributed by atoms with Crippen molar-refractivity contribution in [2.45, 2.75) is 70.9 Å². The van der Waals surface area contributed by atoms with Crippen molar-refractivity contribution < 1.29 is 32.0 Å².